The van der Waals surface area contributed by atoms with E-state index in [0.29, 0.717) is 42.8 Å². The van der Waals surface area contributed by atoms with E-state index in [1.54, 1.807) is 36.3 Å². The second kappa shape index (κ2) is 12.1. The number of fused-ring (bicyclic) bond motifs is 1. The Kier molecular flexibility index (Phi) is 8.51. The fraction of sp³-hybridized carbons (Fsp3) is 0.567. The molecular formula is C30H40FN7O4. The predicted octanol–water partition coefficient (Wildman–Crippen LogP) is 4.19. The molecule has 2 aliphatic heterocycles. The lowest BCUT2D eigenvalue weighted by molar-refractivity contribution is -0.125. The van der Waals surface area contributed by atoms with Gasteiger partial charge in [-0.2, -0.15) is 4.98 Å². The van der Waals surface area contributed by atoms with Crippen molar-refractivity contribution in [3.63, 3.8) is 0 Å². The largest absolute Gasteiger partial charge is 0.448 e. The molecule has 1 saturated carbocycles. The molecule has 226 valence electrons. The average Bonchev–Trinajstić information content (AvgIpc) is 3.65. The molecule has 3 aliphatic rings. The number of alkyl halides is 1. The number of carbonyl (C=O) groups excluding carboxylic acids is 3. The molecule has 42 heavy (non-hydrogen) atoms. The number of aromatic nitrogens is 2. The summed E-state index contributed by atoms with van der Waals surface area (Å²) in [6.45, 7) is 6.98. The zero-order valence-electron chi connectivity index (χ0n) is 24.8. The SMILES string of the molecule is Cc1cc(C(=O)NCCOC(=O)N2CC[C@@H](F)C2)ccc1Nc1ncc2c(n1)N(C1CCCC1)CC(C)(C)C(=O)N2C. The molecule has 3 amide bonds. The van der Waals surface area contributed by atoms with Crippen LogP contribution in [0, 0.1) is 12.3 Å². The van der Waals surface area contributed by atoms with Crippen molar-refractivity contribution in [2.45, 2.75) is 65.1 Å². The molecule has 1 saturated heterocycles. The molecule has 2 aromatic rings. The number of nitrogens with one attached hydrogen (secondary N) is 2. The van der Waals surface area contributed by atoms with Crippen LogP contribution in [-0.2, 0) is 9.53 Å². The minimum atomic E-state index is -1.01. The number of anilines is 4. The number of hydrogen-bond donors (Lipinski definition) is 2. The van der Waals surface area contributed by atoms with Crippen LogP contribution in [0.25, 0.3) is 0 Å². The van der Waals surface area contributed by atoms with Crippen LogP contribution in [0.1, 0.15) is 61.9 Å². The minimum absolute atomic E-state index is 0.00214. The van der Waals surface area contributed by atoms with Gasteiger partial charge in [0, 0.05) is 37.4 Å². The number of nitrogens with zero attached hydrogens (tertiary/aromatic N) is 5. The van der Waals surface area contributed by atoms with Crippen LogP contribution in [0.3, 0.4) is 0 Å². The zero-order chi connectivity index (χ0) is 30.0. The quantitative estimate of drug-likeness (QED) is 0.467. The first-order valence-electron chi connectivity index (χ1n) is 14.7. The lowest BCUT2D eigenvalue weighted by Crippen LogP contribution is -2.45. The number of carbonyl (C=O) groups is 3. The summed E-state index contributed by atoms with van der Waals surface area (Å²) in [4.78, 5) is 52.6. The second-order valence-electron chi connectivity index (χ2n) is 12.1. The molecule has 2 fully saturated rings. The van der Waals surface area contributed by atoms with Crippen LogP contribution in [0.15, 0.2) is 24.4 Å². The highest BCUT2D eigenvalue weighted by molar-refractivity contribution is 6.01. The Bertz CT molecular complexity index is 1350. The maximum Gasteiger partial charge on any atom is 0.409 e. The number of aryl methyl sites for hydroxylation is 1. The van der Waals surface area contributed by atoms with Crippen molar-refractivity contribution in [2.24, 2.45) is 5.41 Å². The van der Waals surface area contributed by atoms with Crippen molar-refractivity contribution in [1.29, 1.82) is 0 Å². The Morgan fingerprint density at radius 1 is 1.19 bits per heavy atom. The molecule has 11 nitrogen and oxygen atoms in total. The van der Waals surface area contributed by atoms with E-state index in [0.717, 1.165) is 29.9 Å². The van der Waals surface area contributed by atoms with E-state index in [9.17, 15) is 18.8 Å². The number of hydrogen-bond acceptors (Lipinski definition) is 8. The lowest BCUT2D eigenvalue weighted by Gasteiger charge is -2.34. The van der Waals surface area contributed by atoms with Crippen LogP contribution in [0.4, 0.5) is 32.3 Å². The molecule has 0 spiro atoms. The highest BCUT2D eigenvalue weighted by Gasteiger charge is 2.41. The molecular weight excluding hydrogens is 541 g/mol. The standard InChI is InChI=1S/C30H40FN7O4/c1-19-15-20(26(39)32-12-14-42-29(41)37-13-11-21(31)17-37)9-10-23(19)34-28-33-16-24-25(35-28)38(22-7-5-6-8-22)18-30(2,3)27(40)36(24)4/h9-10,15-16,21-22H,5-8,11-14,17-18H2,1-4H3,(H,32,39)(H,33,34,35)/t21-/m1/s1. The Labute approximate surface area is 245 Å². The summed E-state index contributed by atoms with van der Waals surface area (Å²) < 4.78 is 18.4. The van der Waals surface area contributed by atoms with Crippen molar-refractivity contribution in [2.75, 3.05) is 55.0 Å². The van der Waals surface area contributed by atoms with Crippen molar-refractivity contribution < 1.29 is 23.5 Å². The molecule has 1 aromatic heterocycles. The maximum atomic E-state index is 13.3. The normalized spacial score (nSPS) is 20.4. The predicted molar refractivity (Wildman–Crippen MR) is 158 cm³/mol. The summed E-state index contributed by atoms with van der Waals surface area (Å²) in [6.07, 6.45) is 4.93. The summed E-state index contributed by atoms with van der Waals surface area (Å²) in [5, 5.41) is 6.03. The summed E-state index contributed by atoms with van der Waals surface area (Å²) >= 11 is 0. The maximum absolute atomic E-state index is 13.3. The van der Waals surface area contributed by atoms with Gasteiger partial charge in [0.2, 0.25) is 11.9 Å². The Hall–Kier alpha value is -3.96. The third kappa shape index (κ3) is 6.27. The second-order valence-corrected chi connectivity index (χ2v) is 12.1. The van der Waals surface area contributed by atoms with E-state index < -0.39 is 17.7 Å². The number of benzene rings is 1. The summed E-state index contributed by atoms with van der Waals surface area (Å²) in [5.74, 6) is 0.911. The average molecular weight is 582 g/mol. The first-order valence-corrected chi connectivity index (χ1v) is 14.7. The Morgan fingerprint density at radius 3 is 2.64 bits per heavy atom. The number of amides is 3. The molecule has 0 unspecified atom stereocenters. The monoisotopic (exact) mass is 581 g/mol. The molecule has 12 heteroatoms. The third-order valence-electron chi connectivity index (χ3n) is 8.34. The van der Waals surface area contributed by atoms with E-state index in [1.165, 1.54) is 17.7 Å². The number of halogens is 1. The van der Waals surface area contributed by atoms with Gasteiger partial charge < -0.3 is 30.1 Å². The molecule has 2 N–H and O–H groups in total. The van der Waals surface area contributed by atoms with Crippen molar-refractivity contribution in [3.8, 4) is 0 Å². The Morgan fingerprint density at radius 2 is 1.95 bits per heavy atom. The van der Waals surface area contributed by atoms with Gasteiger partial charge in [0.05, 0.1) is 24.7 Å². The van der Waals surface area contributed by atoms with E-state index in [2.05, 4.69) is 20.5 Å². The summed E-state index contributed by atoms with van der Waals surface area (Å²) in [5.41, 5.74) is 2.17. The van der Waals surface area contributed by atoms with Crippen LogP contribution in [0.5, 0.6) is 0 Å². The van der Waals surface area contributed by atoms with Crippen LogP contribution in [-0.4, -0.2) is 84.8 Å². The van der Waals surface area contributed by atoms with Gasteiger partial charge in [0.25, 0.3) is 5.91 Å². The topological polar surface area (TPSA) is 120 Å². The van der Waals surface area contributed by atoms with Gasteiger partial charge in [-0.25, -0.2) is 14.2 Å². The molecule has 1 aliphatic carbocycles. The van der Waals surface area contributed by atoms with Gasteiger partial charge in [-0.15, -0.1) is 0 Å². The van der Waals surface area contributed by atoms with Gasteiger partial charge in [-0.1, -0.05) is 12.8 Å². The Balaban J connectivity index is 1.24. The molecule has 1 aromatic carbocycles. The third-order valence-corrected chi connectivity index (χ3v) is 8.34. The van der Waals surface area contributed by atoms with Crippen molar-refractivity contribution in [3.05, 3.63) is 35.5 Å². The van der Waals surface area contributed by atoms with Crippen LogP contribution < -0.4 is 20.4 Å². The smallest absolute Gasteiger partial charge is 0.409 e. The van der Waals surface area contributed by atoms with Gasteiger partial charge >= 0.3 is 6.09 Å². The summed E-state index contributed by atoms with van der Waals surface area (Å²) in [7, 11) is 1.78. The van der Waals surface area contributed by atoms with Gasteiger partial charge in [-0.3, -0.25) is 9.59 Å². The van der Waals surface area contributed by atoms with Gasteiger partial charge in [0.1, 0.15) is 18.5 Å². The van der Waals surface area contributed by atoms with E-state index in [4.69, 9.17) is 9.72 Å². The molecule has 1 atom stereocenters. The number of ether oxygens (including phenoxy) is 1. The molecule has 0 radical (unpaired) electrons. The minimum Gasteiger partial charge on any atom is -0.448 e. The summed E-state index contributed by atoms with van der Waals surface area (Å²) in [6, 6.07) is 5.59. The first kappa shape index (κ1) is 29.5. The lowest BCUT2D eigenvalue weighted by atomic mass is 9.91. The van der Waals surface area contributed by atoms with Gasteiger partial charge in [-0.05, 0) is 63.8 Å². The molecule has 0 bridgehead atoms. The number of likely N-dealkylation sites (tertiary alicyclic amines) is 1. The van der Waals surface area contributed by atoms with Gasteiger partial charge in [0.15, 0.2) is 5.82 Å². The van der Waals surface area contributed by atoms with Crippen LogP contribution in [0.2, 0.25) is 0 Å². The van der Waals surface area contributed by atoms with Crippen molar-refractivity contribution in [1.82, 2.24) is 20.2 Å². The molecule has 3 heterocycles. The van der Waals surface area contributed by atoms with E-state index in [1.807, 2.05) is 20.8 Å². The fourth-order valence-electron chi connectivity index (χ4n) is 5.97. The number of rotatable bonds is 7. The highest BCUT2D eigenvalue weighted by atomic mass is 19.1. The van der Waals surface area contributed by atoms with E-state index in [-0.39, 0.29) is 31.5 Å². The van der Waals surface area contributed by atoms with Crippen LogP contribution >= 0.6 is 0 Å². The van der Waals surface area contributed by atoms with Crippen molar-refractivity contribution >= 4 is 41.0 Å². The first-order chi connectivity index (χ1) is 20.0. The van der Waals surface area contributed by atoms with E-state index >= 15 is 0 Å². The zero-order valence-corrected chi connectivity index (χ0v) is 24.8. The fourth-order valence-corrected chi connectivity index (χ4v) is 5.97. The molecule has 5 rings (SSSR count). The highest BCUT2D eigenvalue weighted by Crippen LogP contribution is 2.40.